The molecule has 0 saturated carbocycles. The monoisotopic (exact) mass is 532 g/mol. The number of alkyl halides is 1. The smallest absolute Gasteiger partial charge is 0.227 e. The SMILES string of the molecule is C[C@@H]1CN(c2ccc(C#N)c3nccnc23)C[C@H](CN2CCN(c3nccc(N4C[C@@H](F)[C@@H](N)C4)n3)CC2)O1. The van der Waals surface area contributed by atoms with Crippen molar-refractivity contribution in [2.75, 3.05) is 73.6 Å². The maximum atomic E-state index is 13.9. The summed E-state index contributed by atoms with van der Waals surface area (Å²) < 4.78 is 20.3. The van der Waals surface area contributed by atoms with Crippen LogP contribution in [0.5, 0.6) is 0 Å². The van der Waals surface area contributed by atoms with Gasteiger partial charge in [0.1, 0.15) is 29.1 Å². The first kappa shape index (κ1) is 25.6. The number of halogens is 1. The van der Waals surface area contributed by atoms with Crippen LogP contribution in [0.3, 0.4) is 0 Å². The van der Waals surface area contributed by atoms with Crippen molar-refractivity contribution in [3.63, 3.8) is 0 Å². The fourth-order valence-corrected chi connectivity index (χ4v) is 5.79. The first-order valence-electron chi connectivity index (χ1n) is 13.5. The molecule has 3 fully saturated rings. The van der Waals surface area contributed by atoms with Crippen LogP contribution < -0.4 is 20.4 Å². The van der Waals surface area contributed by atoms with E-state index >= 15 is 0 Å². The minimum Gasteiger partial charge on any atom is -0.370 e. The fraction of sp³-hybridized carbons (Fsp3) is 0.519. The van der Waals surface area contributed by atoms with E-state index in [0.29, 0.717) is 23.6 Å². The predicted molar refractivity (Wildman–Crippen MR) is 147 cm³/mol. The number of nitrogens with two attached hydrogens (primary N) is 1. The lowest BCUT2D eigenvalue weighted by atomic mass is 10.1. The number of nitrogens with zero attached hydrogens (tertiary/aromatic N) is 9. The van der Waals surface area contributed by atoms with Crippen molar-refractivity contribution in [3.8, 4) is 6.07 Å². The Morgan fingerprint density at radius 3 is 2.49 bits per heavy atom. The molecule has 5 heterocycles. The molecule has 12 heteroatoms. The molecule has 6 rings (SSSR count). The van der Waals surface area contributed by atoms with E-state index in [-0.39, 0.29) is 18.8 Å². The Bertz CT molecular complexity index is 1350. The van der Waals surface area contributed by atoms with E-state index in [4.69, 9.17) is 15.5 Å². The molecule has 11 nitrogen and oxygen atoms in total. The Morgan fingerprint density at radius 1 is 0.949 bits per heavy atom. The van der Waals surface area contributed by atoms with Gasteiger partial charge < -0.3 is 25.2 Å². The van der Waals surface area contributed by atoms with Gasteiger partial charge in [-0.05, 0) is 25.1 Å². The van der Waals surface area contributed by atoms with E-state index < -0.39 is 12.2 Å². The zero-order valence-corrected chi connectivity index (χ0v) is 22.0. The number of piperazine rings is 1. The number of aromatic nitrogens is 4. The Kier molecular flexibility index (Phi) is 7.12. The van der Waals surface area contributed by atoms with Crippen LogP contribution in [-0.4, -0.2) is 108 Å². The third-order valence-corrected chi connectivity index (χ3v) is 7.75. The second kappa shape index (κ2) is 10.8. The summed E-state index contributed by atoms with van der Waals surface area (Å²) in [5, 5.41) is 9.49. The van der Waals surface area contributed by atoms with Gasteiger partial charge in [-0.3, -0.25) is 14.9 Å². The fourth-order valence-electron chi connectivity index (χ4n) is 5.79. The number of anilines is 3. The second-order valence-corrected chi connectivity index (χ2v) is 10.6. The first-order chi connectivity index (χ1) is 19.0. The molecule has 204 valence electrons. The highest BCUT2D eigenvalue weighted by molar-refractivity contribution is 5.92. The molecule has 2 N–H and O–H groups in total. The first-order valence-corrected chi connectivity index (χ1v) is 13.5. The van der Waals surface area contributed by atoms with Crippen molar-refractivity contribution < 1.29 is 9.13 Å². The van der Waals surface area contributed by atoms with Gasteiger partial charge in [-0.1, -0.05) is 0 Å². The quantitative estimate of drug-likeness (QED) is 0.510. The summed E-state index contributed by atoms with van der Waals surface area (Å²) in [7, 11) is 0. The molecule has 4 atom stereocenters. The van der Waals surface area contributed by atoms with Crippen molar-refractivity contribution in [1.82, 2.24) is 24.8 Å². The highest BCUT2D eigenvalue weighted by Gasteiger charge is 2.32. The predicted octanol–water partition coefficient (Wildman–Crippen LogP) is 1.19. The van der Waals surface area contributed by atoms with Crippen molar-refractivity contribution in [2.45, 2.75) is 31.3 Å². The van der Waals surface area contributed by atoms with Crippen LogP contribution in [0.1, 0.15) is 12.5 Å². The summed E-state index contributed by atoms with van der Waals surface area (Å²) in [6.07, 6.45) is 4.10. The van der Waals surface area contributed by atoms with Crippen LogP contribution in [-0.2, 0) is 4.74 Å². The van der Waals surface area contributed by atoms with Gasteiger partial charge in [0.2, 0.25) is 5.95 Å². The van der Waals surface area contributed by atoms with E-state index in [1.54, 1.807) is 18.6 Å². The summed E-state index contributed by atoms with van der Waals surface area (Å²) in [5.41, 5.74) is 8.75. The number of ether oxygens (including phenoxy) is 1. The minimum atomic E-state index is -1.03. The molecule has 3 aliphatic heterocycles. The zero-order chi connectivity index (χ0) is 26.9. The van der Waals surface area contributed by atoms with E-state index in [9.17, 15) is 9.65 Å². The largest absolute Gasteiger partial charge is 0.370 e. The van der Waals surface area contributed by atoms with Crippen LogP contribution >= 0.6 is 0 Å². The Morgan fingerprint density at radius 2 is 1.74 bits per heavy atom. The maximum absolute atomic E-state index is 13.9. The highest BCUT2D eigenvalue weighted by atomic mass is 19.1. The second-order valence-electron chi connectivity index (χ2n) is 10.6. The van der Waals surface area contributed by atoms with Crippen molar-refractivity contribution in [1.29, 1.82) is 5.26 Å². The Balaban J connectivity index is 1.08. The molecular weight excluding hydrogens is 499 g/mol. The number of benzene rings is 1. The number of hydrogen-bond donors (Lipinski definition) is 1. The summed E-state index contributed by atoms with van der Waals surface area (Å²) in [4.78, 5) is 27.0. The van der Waals surface area contributed by atoms with Gasteiger partial charge in [-0.25, -0.2) is 9.37 Å². The van der Waals surface area contributed by atoms with E-state index in [2.05, 4.69) is 42.6 Å². The Hall–Kier alpha value is -3.66. The highest BCUT2D eigenvalue weighted by Crippen LogP contribution is 2.29. The maximum Gasteiger partial charge on any atom is 0.227 e. The summed E-state index contributed by atoms with van der Waals surface area (Å²) in [6.45, 7) is 8.48. The van der Waals surface area contributed by atoms with Gasteiger partial charge in [0.05, 0.1) is 36.0 Å². The third kappa shape index (κ3) is 5.30. The molecular formula is C27H33FN10O. The number of hydrogen-bond acceptors (Lipinski definition) is 11. The van der Waals surface area contributed by atoms with Gasteiger partial charge in [0, 0.05) is 70.9 Å². The van der Waals surface area contributed by atoms with Crippen molar-refractivity contribution in [2.24, 2.45) is 5.73 Å². The van der Waals surface area contributed by atoms with Crippen LogP contribution in [0.4, 0.5) is 21.8 Å². The number of fused-ring (bicyclic) bond motifs is 1. The molecule has 0 aliphatic carbocycles. The molecule has 3 saturated heterocycles. The van der Waals surface area contributed by atoms with Gasteiger partial charge >= 0.3 is 0 Å². The van der Waals surface area contributed by atoms with E-state index in [0.717, 1.165) is 62.8 Å². The average Bonchev–Trinajstić information content (AvgIpc) is 3.30. The molecule has 0 spiro atoms. The van der Waals surface area contributed by atoms with Gasteiger partial charge in [-0.15, -0.1) is 0 Å². The van der Waals surface area contributed by atoms with E-state index in [1.807, 2.05) is 23.1 Å². The van der Waals surface area contributed by atoms with Crippen LogP contribution in [0, 0.1) is 11.3 Å². The summed E-state index contributed by atoms with van der Waals surface area (Å²) >= 11 is 0. The molecule has 0 unspecified atom stereocenters. The molecule has 3 aliphatic rings. The standard InChI is InChI=1S/C27H33FN10O/c1-18-13-37(23-3-2-19(12-29)25-26(23)32-7-6-31-25)15-20(39-18)14-35-8-10-36(11-9-35)27-33-5-4-24(34-27)38-16-21(28)22(30)17-38/h2-7,18,20-22H,8-11,13-17,30H2,1H3/t18-,20+,21-,22+/m1/s1. The molecule has 2 aromatic heterocycles. The Labute approximate surface area is 227 Å². The molecule has 0 amide bonds. The average molecular weight is 533 g/mol. The normalized spacial score (nSPS) is 26.3. The minimum absolute atomic E-state index is 0.0373. The van der Waals surface area contributed by atoms with Crippen LogP contribution in [0.2, 0.25) is 0 Å². The summed E-state index contributed by atoms with van der Waals surface area (Å²) in [5.74, 6) is 1.40. The molecule has 39 heavy (non-hydrogen) atoms. The van der Waals surface area contributed by atoms with Gasteiger partial charge in [0.15, 0.2) is 0 Å². The lowest BCUT2D eigenvalue weighted by molar-refractivity contribution is -0.0327. The lowest BCUT2D eigenvalue weighted by Gasteiger charge is -2.42. The van der Waals surface area contributed by atoms with E-state index in [1.165, 1.54) is 0 Å². The molecule has 0 radical (unpaired) electrons. The zero-order valence-electron chi connectivity index (χ0n) is 22.0. The number of rotatable bonds is 5. The molecule has 3 aromatic rings. The van der Waals surface area contributed by atoms with Crippen molar-refractivity contribution >= 4 is 28.5 Å². The van der Waals surface area contributed by atoms with Crippen LogP contribution in [0.15, 0.2) is 36.8 Å². The number of morpholine rings is 1. The molecule has 1 aromatic carbocycles. The van der Waals surface area contributed by atoms with Gasteiger partial charge in [0.25, 0.3) is 0 Å². The summed E-state index contributed by atoms with van der Waals surface area (Å²) in [6, 6.07) is 7.36. The topological polar surface area (TPSA) is 124 Å². The number of nitriles is 1. The van der Waals surface area contributed by atoms with Crippen molar-refractivity contribution in [3.05, 3.63) is 42.4 Å². The lowest BCUT2D eigenvalue weighted by Crippen LogP contribution is -2.54. The van der Waals surface area contributed by atoms with Gasteiger partial charge in [-0.2, -0.15) is 10.2 Å². The van der Waals surface area contributed by atoms with Crippen LogP contribution in [0.25, 0.3) is 11.0 Å². The third-order valence-electron chi connectivity index (χ3n) is 7.75. The molecule has 0 bridgehead atoms.